The van der Waals surface area contributed by atoms with Crippen molar-refractivity contribution in [3.63, 3.8) is 0 Å². The fraction of sp³-hybridized carbons (Fsp3) is 0.429. The molecule has 0 amide bonds. The number of oxazole rings is 1. The number of hydrogen-bond acceptors (Lipinski definition) is 4. The average molecular weight is 168 g/mol. The minimum absolute atomic E-state index is 0.463. The molecule has 5 nitrogen and oxygen atoms in total. The molecule has 1 aromatic heterocycles. The van der Waals surface area contributed by atoms with Gasteiger partial charge in [-0.25, -0.2) is 4.98 Å². The maximum absolute atomic E-state index is 10.7. The van der Waals surface area contributed by atoms with Crippen molar-refractivity contribution in [1.82, 2.24) is 9.88 Å². The van der Waals surface area contributed by atoms with E-state index < -0.39 is 12.0 Å². The molecule has 64 valence electrons. The van der Waals surface area contributed by atoms with Gasteiger partial charge in [0.15, 0.2) is 18.2 Å². The third-order valence-corrected chi connectivity index (χ3v) is 1.99. The van der Waals surface area contributed by atoms with Gasteiger partial charge < -0.3 is 9.52 Å². The summed E-state index contributed by atoms with van der Waals surface area (Å²) in [5.41, 5.74) is 0.727. The lowest BCUT2D eigenvalue weighted by atomic mass is 10.2. The molecule has 1 unspecified atom stereocenters. The smallest absolute Gasteiger partial charge is 0.328 e. The summed E-state index contributed by atoms with van der Waals surface area (Å²) >= 11 is 0. The number of carboxylic acids is 1. The maximum Gasteiger partial charge on any atom is 0.328 e. The van der Waals surface area contributed by atoms with E-state index >= 15 is 0 Å². The summed E-state index contributed by atoms with van der Waals surface area (Å²) < 4.78 is 4.99. The highest BCUT2D eigenvalue weighted by Crippen LogP contribution is 2.31. The van der Waals surface area contributed by atoms with Crippen LogP contribution < -0.4 is 0 Å². The van der Waals surface area contributed by atoms with E-state index in [1.54, 1.807) is 11.9 Å². The standard InChI is InChI=1S/C7H8N2O3/c1-9-2-4-6(12-3-8-4)5(9)7(10)11/h3,5H,2H2,1H3,(H,10,11). The molecule has 0 fully saturated rings. The number of aromatic nitrogens is 1. The van der Waals surface area contributed by atoms with Crippen molar-refractivity contribution >= 4 is 5.97 Å². The van der Waals surface area contributed by atoms with Crippen LogP contribution in [-0.2, 0) is 11.3 Å². The second kappa shape index (κ2) is 2.31. The van der Waals surface area contributed by atoms with Gasteiger partial charge in [-0.1, -0.05) is 0 Å². The van der Waals surface area contributed by atoms with Crippen molar-refractivity contribution in [1.29, 1.82) is 0 Å². The van der Waals surface area contributed by atoms with Crippen LogP contribution in [0.2, 0.25) is 0 Å². The van der Waals surface area contributed by atoms with Crippen LogP contribution in [0.15, 0.2) is 10.8 Å². The molecule has 1 atom stereocenters. The number of rotatable bonds is 1. The predicted octanol–water partition coefficient (Wildman–Crippen LogP) is 0.246. The molecule has 5 heteroatoms. The summed E-state index contributed by atoms with van der Waals surface area (Å²) in [4.78, 5) is 16.3. The molecule has 2 heterocycles. The van der Waals surface area contributed by atoms with E-state index in [4.69, 9.17) is 9.52 Å². The first-order valence-corrected chi connectivity index (χ1v) is 3.55. The summed E-state index contributed by atoms with van der Waals surface area (Å²) in [6, 6.07) is -0.664. The molecule has 0 spiro atoms. The Morgan fingerprint density at radius 2 is 2.67 bits per heavy atom. The van der Waals surface area contributed by atoms with Crippen LogP contribution in [0.1, 0.15) is 17.5 Å². The number of carbonyl (C=O) groups is 1. The van der Waals surface area contributed by atoms with Crippen LogP contribution in [-0.4, -0.2) is 28.0 Å². The first-order valence-electron chi connectivity index (χ1n) is 3.55. The Bertz CT molecular complexity index is 320. The molecule has 1 aliphatic heterocycles. The molecule has 2 rings (SSSR count). The van der Waals surface area contributed by atoms with Crippen molar-refractivity contribution in [3.8, 4) is 0 Å². The Labute approximate surface area is 68.6 Å². The molecule has 12 heavy (non-hydrogen) atoms. The van der Waals surface area contributed by atoms with E-state index in [9.17, 15) is 4.79 Å². The third kappa shape index (κ3) is 0.831. The lowest BCUT2D eigenvalue weighted by molar-refractivity contribution is -0.143. The zero-order chi connectivity index (χ0) is 8.72. The van der Waals surface area contributed by atoms with Gasteiger partial charge >= 0.3 is 5.97 Å². The van der Waals surface area contributed by atoms with E-state index in [1.807, 2.05) is 0 Å². The summed E-state index contributed by atoms with van der Waals surface area (Å²) in [6.07, 6.45) is 1.29. The van der Waals surface area contributed by atoms with E-state index in [0.717, 1.165) is 5.69 Å². The molecular formula is C7H8N2O3. The topological polar surface area (TPSA) is 66.6 Å². The lowest BCUT2D eigenvalue weighted by Gasteiger charge is -2.13. The molecule has 0 saturated carbocycles. The largest absolute Gasteiger partial charge is 0.480 e. The van der Waals surface area contributed by atoms with Crippen molar-refractivity contribution in [2.75, 3.05) is 7.05 Å². The molecule has 0 bridgehead atoms. The molecule has 1 N–H and O–H groups in total. The van der Waals surface area contributed by atoms with Crippen LogP contribution in [0.4, 0.5) is 0 Å². The SMILES string of the molecule is CN1Cc2ncoc2C1C(=O)O. The highest BCUT2D eigenvalue weighted by Gasteiger charge is 2.37. The summed E-state index contributed by atoms with van der Waals surface area (Å²) in [5.74, 6) is -0.432. The maximum atomic E-state index is 10.7. The number of nitrogens with zero attached hydrogens (tertiary/aromatic N) is 2. The van der Waals surface area contributed by atoms with Crippen molar-refractivity contribution in [3.05, 3.63) is 17.8 Å². The number of aliphatic carboxylic acids is 1. The highest BCUT2D eigenvalue weighted by atomic mass is 16.4. The van der Waals surface area contributed by atoms with Gasteiger partial charge in [0.05, 0.1) is 5.69 Å². The molecular weight excluding hydrogens is 160 g/mol. The Balaban J connectivity index is 2.41. The van der Waals surface area contributed by atoms with Gasteiger partial charge in [-0.05, 0) is 7.05 Å². The van der Waals surface area contributed by atoms with E-state index in [2.05, 4.69) is 4.98 Å². The fourth-order valence-electron chi connectivity index (χ4n) is 1.45. The quantitative estimate of drug-likeness (QED) is 0.650. The van der Waals surface area contributed by atoms with Gasteiger partial charge in [-0.2, -0.15) is 0 Å². The second-order valence-electron chi connectivity index (χ2n) is 2.82. The monoisotopic (exact) mass is 168 g/mol. The predicted molar refractivity (Wildman–Crippen MR) is 38.3 cm³/mol. The molecule has 1 aliphatic rings. The average Bonchev–Trinajstić information content (AvgIpc) is 2.44. The summed E-state index contributed by atoms with van der Waals surface area (Å²) in [5, 5.41) is 8.82. The number of likely N-dealkylation sites (N-methyl/N-ethyl adjacent to an activating group) is 1. The number of hydrogen-bond donors (Lipinski definition) is 1. The van der Waals surface area contributed by atoms with Crippen LogP contribution in [0, 0.1) is 0 Å². The molecule has 0 radical (unpaired) electrons. The van der Waals surface area contributed by atoms with Crippen molar-refractivity contribution < 1.29 is 14.3 Å². The zero-order valence-corrected chi connectivity index (χ0v) is 6.52. The minimum Gasteiger partial charge on any atom is -0.480 e. The van der Waals surface area contributed by atoms with Gasteiger partial charge in [0, 0.05) is 6.54 Å². The van der Waals surface area contributed by atoms with Crippen LogP contribution in [0.3, 0.4) is 0 Å². The van der Waals surface area contributed by atoms with Crippen LogP contribution in [0.25, 0.3) is 0 Å². The molecule has 0 aromatic carbocycles. The lowest BCUT2D eigenvalue weighted by Crippen LogP contribution is -2.24. The highest BCUT2D eigenvalue weighted by molar-refractivity contribution is 5.75. The Morgan fingerprint density at radius 1 is 1.92 bits per heavy atom. The first kappa shape index (κ1) is 7.30. The summed E-state index contributed by atoms with van der Waals surface area (Å²) in [6.45, 7) is 0.544. The Hall–Kier alpha value is -1.36. The second-order valence-corrected chi connectivity index (χ2v) is 2.82. The Kier molecular flexibility index (Phi) is 1.41. The van der Waals surface area contributed by atoms with E-state index in [1.165, 1.54) is 6.39 Å². The van der Waals surface area contributed by atoms with Gasteiger partial charge in [0.2, 0.25) is 0 Å². The van der Waals surface area contributed by atoms with Gasteiger partial charge in [-0.15, -0.1) is 0 Å². The van der Waals surface area contributed by atoms with Crippen LogP contribution >= 0.6 is 0 Å². The number of carboxylic acid groups (broad SMARTS) is 1. The normalized spacial score (nSPS) is 22.6. The van der Waals surface area contributed by atoms with Gasteiger partial charge in [0.1, 0.15) is 0 Å². The van der Waals surface area contributed by atoms with Crippen molar-refractivity contribution in [2.45, 2.75) is 12.6 Å². The Morgan fingerprint density at radius 3 is 3.33 bits per heavy atom. The van der Waals surface area contributed by atoms with Gasteiger partial charge in [-0.3, -0.25) is 9.69 Å². The number of fused-ring (bicyclic) bond motifs is 1. The molecule has 1 aromatic rings. The minimum atomic E-state index is -0.895. The summed E-state index contributed by atoms with van der Waals surface area (Å²) in [7, 11) is 1.73. The molecule has 0 aliphatic carbocycles. The van der Waals surface area contributed by atoms with E-state index in [0.29, 0.717) is 12.3 Å². The van der Waals surface area contributed by atoms with Crippen molar-refractivity contribution in [2.24, 2.45) is 0 Å². The molecule has 0 saturated heterocycles. The zero-order valence-electron chi connectivity index (χ0n) is 6.52. The van der Waals surface area contributed by atoms with Crippen LogP contribution in [0.5, 0.6) is 0 Å². The first-order chi connectivity index (χ1) is 5.70. The van der Waals surface area contributed by atoms with E-state index in [-0.39, 0.29) is 0 Å². The van der Waals surface area contributed by atoms with Gasteiger partial charge in [0.25, 0.3) is 0 Å². The third-order valence-electron chi connectivity index (χ3n) is 1.99. The fourth-order valence-corrected chi connectivity index (χ4v) is 1.45.